The van der Waals surface area contributed by atoms with Crippen LogP contribution in [-0.2, 0) is 20.4 Å². The van der Waals surface area contributed by atoms with Gasteiger partial charge in [-0.05, 0) is 19.9 Å². The third-order valence-corrected chi connectivity index (χ3v) is 4.58. The summed E-state index contributed by atoms with van der Waals surface area (Å²) in [5.41, 5.74) is 0.0775. The zero-order valence-electron chi connectivity index (χ0n) is 10.3. The van der Waals surface area contributed by atoms with Crippen molar-refractivity contribution in [1.29, 1.82) is 0 Å². The van der Waals surface area contributed by atoms with Gasteiger partial charge in [-0.25, -0.2) is 12.8 Å². The molecule has 1 rings (SSSR count). The number of hydrogen-bond acceptors (Lipinski definition) is 3. The standard InChI is InChI=1S/C12H16FNO3S/c1-3-14-12(15)9(2)18(16,17)8-10-6-4-5-7-11(10)13/h4-7,9H,3,8H2,1-2H3,(H,14,15). The molecule has 1 atom stereocenters. The molecule has 0 aliphatic carbocycles. The highest BCUT2D eigenvalue weighted by Gasteiger charge is 2.28. The van der Waals surface area contributed by atoms with Crippen LogP contribution in [0.3, 0.4) is 0 Å². The molecule has 0 radical (unpaired) electrons. The molecule has 6 heteroatoms. The van der Waals surface area contributed by atoms with Crippen LogP contribution in [0.15, 0.2) is 24.3 Å². The van der Waals surface area contributed by atoms with Crippen LogP contribution in [-0.4, -0.2) is 26.1 Å². The van der Waals surface area contributed by atoms with Gasteiger partial charge < -0.3 is 5.32 Å². The number of sulfone groups is 1. The molecule has 18 heavy (non-hydrogen) atoms. The second-order valence-corrected chi connectivity index (χ2v) is 6.26. The van der Waals surface area contributed by atoms with E-state index in [0.29, 0.717) is 6.54 Å². The van der Waals surface area contributed by atoms with Crippen LogP contribution < -0.4 is 5.32 Å². The first-order valence-corrected chi connectivity index (χ1v) is 7.32. The molecule has 0 spiro atoms. The first kappa shape index (κ1) is 14.6. The Balaban J connectivity index is 2.89. The first-order valence-electron chi connectivity index (χ1n) is 5.61. The van der Waals surface area contributed by atoms with Gasteiger partial charge in [0.15, 0.2) is 9.84 Å². The maximum atomic E-state index is 13.4. The van der Waals surface area contributed by atoms with E-state index in [-0.39, 0.29) is 5.56 Å². The Hall–Kier alpha value is -1.43. The zero-order chi connectivity index (χ0) is 13.8. The normalized spacial score (nSPS) is 13.1. The fourth-order valence-electron chi connectivity index (χ4n) is 1.44. The maximum Gasteiger partial charge on any atom is 0.238 e. The predicted molar refractivity (Wildman–Crippen MR) is 67.2 cm³/mol. The molecule has 1 amide bonds. The lowest BCUT2D eigenvalue weighted by atomic mass is 10.2. The Kier molecular flexibility index (Phi) is 4.84. The Bertz CT molecular complexity index is 528. The smallest absolute Gasteiger partial charge is 0.238 e. The molecule has 0 aliphatic rings. The largest absolute Gasteiger partial charge is 0.355 e. The van der Waals surface area contributed by atoms with Gasteiger partial charge in [0.25, 0.3) is 0 Å². The molecule has 100 valence electrons. The van der Waals surface area contributed by atoms with E-state index in [1.54, 1.807) is 13.0 Å². The van der Waals surface area contributed by atoms with Gasteiger partial charge in [-0.3, -0.25) is 4.79 Å². The van der Waals surface area contributed by atoms with Gasteiger partial charge in [0.2, 0.25) is 5.91 Å². The number of amides is 1. The van der Waals surface area contributed by atoms with Crippen molar-refractivity contribution >= 4 is 15.7 Å². The summed E-state index contributed by atoms with van der Waals surface area (Å²) in [5.74, 6) is -1.61. The Morgan fingerprint density at radius 3 is 2.56 bits per heavy atom. The van der Waals surface area contributed by atoms with Crippen LogP contribution in [0.2, 0.25) is 0 Å². The summed E-state index contributed by atoms with van der Waals surface area (Å²) in [4.78, 5) is 11.5. The molecule has 1 N–H and O–H groups in total. The number of nitrogens with one attached hydrogen (secondary N) is 1. The van der Waals surface area contributed by atoms with E-state index in [1.807, 2.05) is 0 Å². The van der Waals surface area contributed by atoms with Crippen LogP contribution in [0.1, 0.15) is 19.4 Å². The SMILES string of the molecule is CCNC(=O)C(C)S(=O)(=O)Cc1ccccc1F. The number of rotatable bonds is 5. The Labute approximate surface area is 106 Å². The van der Waals surface area contributed by atoms with Gasteiger partial charge in [0.1, 0.15) is 11.1 Å². The highest BCUT2D eigenvalue weighted by Crippen LogP contribution is 2.14. The summed E-state index contributed by atoms with van der Waals surface area (Å²) in [6.07, 6.45) is 0. The maximum absolute atomic E-state index is 13.4. The van der Waals surface area contributed by atoms with Crippen molar-refractivity contribution in [2.45, 2.75) is 24.9 Å². The zero-order valence-corrected chi connectivity index (χ0v) is 11.1. The van der Waals surface area contributed by atoms with E-state index in [0.717, 1.165) is 0 Å². The molecule has 1 aromatic carbocycles. The van der Waals surface area contributed by atoms with Crippen LogP contribution >= 0.6 is 0 Å². The van der Waals surface area contributed by atoms with Crippen LogP contribution in [0.25, 0.3) is 0 Å². The van der Waals surface area contributed by atoms with Gasteiger partial charge >= 0.3 is 0 Å². The lowest BCUT2D eigenvalue weighted by molar-refractivity contribution is -0.120. The minimum Gasteiger partial charge on any atom is -0.355 e. The van der Waals surface area contributed by atoms with Crippen molar-refractivity contribution in [3.05, 3.63) is 35.6 Å². The van der Waals surface area contributed by atoms with Gasteiger partial charge in [-0.2, -0.15) is 0 Å². The molecule has 0 bridgehead atoms. The topological polar surface area (TPSA) is 63.2 Å². The van der Waals surface area contributed by atoms with Crippen molar-refractivity contribution in [2.24, 2.45) is 0 Å². The first-order chi connectivity index (χ1) is 8.38. The number of benzene rings is 1. The van der Waals surface area contributed by atoms with Gasteiger partial charge in [0.05, 0.1) is 5.75 Å². The van der Waals surface area contributed by atoms with Gasteiger partial charge in [-0.15, -0.1) is 0 Å². The number of hydrogen-bond donors (Lipinski definition) is 1. The molecule has 0 saturated heterocycles. The van der Waals surface area contributed by atoms with E-state index in [4.69, 9.17) is 0 Å². The van der Waals surface area contributed by atoms with Gasteiger partial charge in [0, 0.05) is 12.1 Å². The summed E-state index contributed by atoms with van der Waals surface area (Å²) in [6, 6.07) is 5.64. The second-order valence-electron chi connectivity index (χ2n) is 3.94. The molecular formula is C12H16FNO3S. The van der Waals surface area contributed by atoms with E-state index in [9.17, 15) is 17.6 Å². The quantitative estimate of drug-likeness (QED) is 0.878. The molecule has 0 heterocycles. The lowest BCUT2D eigenvalue weighted by Gasteiger charge is -2.12. The summed E-state index contributed by atoms with van der Waals surface area (Å²) < 4.78 is 37.2. The predicted octanol–water partition coefficient (Wildman–Crippen LogP) is 1.27. The fourth-order valence-corrected chi connectivity index (χ4v) is 2.77. The Morgan fingerprint density at radius 2 is 2.00 bits per heavy atom. The third-order valence-electron chi connectivity index (χ3n) is 2.57. The van der Waals surface area contributed by atoms with Crippen molar-refractivity contribution in [2.75, 3.05) is 6.54 Å². The molecule has 0 aromatic heterocycles. The van der Waals surface area contributed by atoms with E-state index in [1.165, 1.54) is 25.1 Å². The summed E-state index contributed by atoms with van der Waals surface area (Å²) >= 11 is 0. The van der Waals surface area contributed by atoms with E-state index >= 15 is 0 Å². The lowest BCUT2D eigenvalue weighted by Crippen LogP contribution is -2.38. The molecular weight excluding hydrogens is 257 g/mol. The molecule has 0 saturated carbocycles. The highest BCUT2D eigenvalue weighted by atomic mass is 32.2. The fraction of sp³-hybridized carbons (Fsp3) is 0.417. The van der Waals surface area contributed by atoms with Crippen molar-refractivity contribution in [3.63, 3.8) is 0 Å². The molecule has 0 fully saturated rings. The number of carbonyl (C=O) groups excluding carboxylic acids is 1. The number of carbonyl (C=O) groups is 1. The number of halogens is 1. The summed E-state index contributed by atoms with van der Waals surface area (Å²) in [6.45, 7) is 3.37. The minimum atomic E-state index is -3.71. The highest BCUT2D eigenvalue weighted by molar-refractivity contribution is 7.92. The van der Waals surface area contributed by atoms with Crippen molar-refractivity contribution in [3.8, 4) is 0 Å². The van der Waals surface area contributed by atoms with Crippen LogP contribution in [0.4, 0.5) is 4.39 Å². The second kappa shape index (κ2) is 5.95. The van der Waals surface area contributed by atoms with Crippen LogP contribution in [0, 0.1) is 5.82 Å². The monoisotopic (exact) mass is 273 g/mol. The van der Waals surface area contributed by atoms with Gasteiger partial charge in [-0.1, -0.05) is 18.2 Å². The van der Waals surface area contributed by atoms with Crippen molar-refractivity contribution < 1.29 is 17.6 Å². The summed E-state index contributed by atoms with van der Waals surface area (Å²) in [5, 5.41) is 1.26. The van der Waals surface area contributed by atoms with Crippen LogP contribution in [0.5, 0.6) is 0 Å². The molecule has 0 aliphatic heterocycles. The molecule has 4 nitrogen and oxygen atoms in total. The third kappa shape index (κ3) is 3.53. The Morgan fingerprint density at radius 1 is 1.39 bits per heavy atom. The minimum absolute atomic E-state index is 0.0775. The van der Waals surface area contributed by atoms with Crippen molar-refractivity contribution in [1.82, 2.24) is 5.32 Å². The average molecular weight is 273 g/mol. The summed E-state index contributed by atoms with van der Waals surface area (Å²) in [7, 11) is -3.71. The average Bonchev–Trinajstić information content (AvgIpc) is 2.31. The molecule has 1 aromatic rings. The van der Waals surface area contributed by atoms with E-state index in [2.05, 4.69) is 5.32 Å². The van der Waals surface area contributed by atoms with E-state index < -0.39 is 32.6 Å². The molecule has 1 unspecified atom stereocenters.